The summed E-state index contributed by atoms with van der Waals surface area (Å²) in [5, 5.41) is 8.78. The number of nitrogens with zero attached hydrogens (tertiary/aromatic N) is 4. The third-order valence-corrected chi connectivity index (χ3v) is 5.72. The third kappa shape index (κ3) is 4.13. The van der Waals surface area contributed by atoms with Gasteiger partial charge in [-0.3, -0.25) is 15.0 Å². The monoisotopic (exact) mass is 448 g/mol. The van der Waals surface area contributed by atoms with E-state index < -0.39 is 0 Å². The van der Waals surface area contributed by atoms with E-state index in [4.69, 9.17) is 14.6 Å². The van der Waals surface area contributed by atoms with Crippen molar-refractivity contribution in [1.29, 1.82) is 0 Å². The minimum absolute atomic E-state index is 0.541. The van der Waals surface area contributed by atoms with Gasteiger partial charge in [-0.15, -0.1) is 0 Å². The van der Waals surface area contributed by atoms with E-state index in [2.05, 4.69) is 9.97 Å². The van der Waals surface area contributed by atoms with Crippen LogP contribution in [0.2, 0.25) is 0 Å². The second kappa shape index (κ2) is 9.58. The molecule has 0 fully saturated rings. The fourth-order valence-electron chi connectivity index (χ4n) is 4.05. The van der Waals surface area contributed by atoms with Gasteiger partial charge >= 0.3 is 0 Å². The molecule has 0 radical (unpaired) electrons. The number of anilines is 1. The van der Waals surface area contributed by atoms with Crippen LogP contribution in [0.4, 0.5) is 5.69 Å². The molecule has 0 bridgehead atoms. The Bertz CT molecular complexity index is 1470. The van der Waals surface area contributed by atoms with Crippen LogP contribution in [0, 0.1) is 0 Å². The van der Waals surface area contributed by atoms with Crippen LogP contribution in [-0.4, -0.2) is 30.4 Å². The molecule has 0 saturated heterocycles. The molecular weight excluding hydrogens is 424 g/mol. The van der Waals surface area contributed by atoms with Gasteiger partial charge < -0.3 is 9.47 Å². The minimum atomic E-state index is 0.541. The molecule has 6 nitrogen and oxygen atoms in total. The smallest absolute Gasteiger partial charge is 0.128 e. The molecule has 2 heterocycles. The lowest BCUT2D eigenvalue weighted by Gasteiger charge is -2.20. The summed E-state index contributed by atoms with van der Waals surface area (Å²) in [7, 11) is 3.34. The van der Waals surface area contributed by atoms with Crippen LogP contribution in [0.5, 0.6) is 11.5 Å². The van der Waals surface area contributed by atoms with Crippen molar-refractivity contribution in [1.82, 2.24) is 9.97 Å². The van der Waals surface area contributed by atoms with Gasteiger partial charge in [0.2, 0.25) is 0 Å². The fourth-order valence-corrected chi connectivity index (χ4v) is 4.05. The summed E-state index contributed by atoms with van der Waals surface area (Å²) in [6, 6.07) is 25.9. The SMILES string of the molecule is COc1ccc(/C=N/N(Cc2ccc(OC)c3cccnc23)c2ccccc2)c2ncccc12. The van der Waals surface area contributed by atoms with Gasteiger partial charge in [0, 0.05) is 34.3 Å². The molecule has 0 spiro atoms. The van der Waals surface area contributed by atoms with Crippen molar-refractivity contribution in [3.63, 3.8) is 0 Å². The molecular formula is C28H24N4O2. The van der Waals surface area contributed by atoms with Crippen LogP contribution in [0.15, 0.2) is 96.4 Å². The van der Waals surface area contributed by atoms with E-state index in [1.54, 1.807) is 26.6 Å². The molecule has 2 aromatic heterocycles. The number of ether oxygens (including phenoxy) is 2. The Balaban J connectivity index is 1.56. The Morgan fingerprint density at radius 3 is 2.09 bits per heavy atom. The Morgan fingerprint density at radius 2 is 1.38 bits per heavy atom. The van der Waals surface area contributed by atoms with Crippen LogP contribution < -0.4 is 14.5 Å². The Hall–Kier alpha value is -4.45. The van der Waals surface area contributed by atoms with Gasteiger partial charge in [-0.25, -0.2) is 0 Å². The van der Waals surface area contributed by atoms with E-state index in [1.165, 1.54) is 0 Å². The highest BCUT2D eigenvalue weighted by molar-refractivity contribution is 6.00. The second-order valence-electron chi connectivity index (χ2n) is 7.72. The van der Waals surface area contributed by atoms with Crippen LogP contribution in [-0.2, 0) is 6.54 Å². The van der Waals surface area contributed by atoms with Crippen molar-refractivity contribution in [3.05, 3.63) is 102 Å². The molecule has 0 atom stereocenters. The molecule has 6 heteroatoms. The van der Waals surface area contributed by atoms with Crippen molar-refractivity contribution < 1.29 is 9.47 Å². The second-order valence-corrected chi connectivity index (χ2v) is 7.72. The van der Waals surface area contributed by atoms with Crippen LogP contribution in [0.25, 0.3) is 21.8 Å². The first kappa shape index (κ1) is 21.4. The maximum Gasteiger partial charge on any atom is 0.128 e. The number of aromatic nitrogens is 2. The normalized spacial score (nSPS) is 11.2. The number of pyridine rings is 2. The first-order valence-electron chi connectivity index (χ1n) is 11.0. The summed E-state index contributed by atoms with van der Waals surface area (Å²) < 4.78 is 11.0. The molecule has 0 saturated carbocycles. The molecule has 0 aliphatic heterocycles. The fraction of sp³-hybridized carbons (Fsp3) is 0.107. The van der Waals surface area contributed by atoms with Crippen LogP contribution in [0.3, 0.4) is 0 Å². The first-order chi connectivity index (χ1) is 16.8. The highest BCUT2D eigenvalue weighted by Gasteiger charge is 2.13. The number of methoxy groups -OCH3 is 2. The number of hydrazone groups is 1. The molecule has 0 N–H and O–H groups in total. The Morgan fingerprint density at radius 1 is 0.735 bits per heavy atom. The summed E-state index contributed by atoms with van der Waals surface area (Å²) >= 11 is 0. The topological polar surface area (TPSA) is 59.8 Å². The highest BCUT2D eigenvalue weighted by atomic mass is 16.5. The lowest BCUT2D eigenvalue weighted by atomic mass is 10.1. The third-order valence-electron chi connectivity index (χ3n) is 5.72. The van der Waals surface area contributed by atoms with E-state index in [0.29, 0.717) is 6.54 Å². The van der Waals surface area contributed by atoms with Crippen molar-refractivity contribution in [2.45, 2.75) is 6.54 Å². The lowest BCUT2D eigenvalue weighted by molar-refractivity contribution is 0.419. The molecule has 0 aliphatic carbocycles. The van der Waals surface area contributed by atoms with Gasteiger partial charge in [0.25, 0.3) is 0 Å². The number of fused-ring (bicyclic) bond motifs is 2. The van der Waals surface area contributed by atoms with E-state index in [1.807, 2.05) is 90.1 Å². The molecule has 3 aromatic carbocycles. The van der Waals surface area contributed by atoms with Crippen molar-refractivity contribution in [2.75, 3.05) is 19.2 Å². The molecule has 5 rings (SSSR count). The summed E-state index contributed by atoms with van der Waals surface area (Å²) in [5.74, 6) is 1.59. The standard InChI is InChI=1S/C28H24N4O2/c1-33-25-14-12-20(27-23(25)10-6-16-29-27)18-31-32(22-8-4-3-5-9-22)19-21-13-15-26(34-2)24-11-7-17-30-28(21)24/h3-18H,19H2,1-2H3/b31-18+. The van der Waals surface area contributed by atoms with E-state index in [9.17, 15) is 0 Å². The number of hydrogen-bond acceptors (Lipinski definition) is 6. The van der Waals surface area contributed by atoms with Gasteiger partial charge in [0.1, 0.15) is 11.5 Å². The summed E-state index contributed by atoms with van der Waals surface area (Å²) in [5.41, 5.74) is 4.68. The Kier molecular flexibility index (Phi) is 6.03. The predicted molar refractivity (Wildman–Crippen MR) is 137 cm³/mol. The summed E-state index contributed by atoms with van der Waals surface area (Å²) in [6.07, 6.45) is 5.43. The van der Waals surface area contributed by atoms with Crippen molar-refractivity contribution in [2.24, 2.45) is 5.10 Å². The first-order valence-corrected chi connectivity index (χ1v) is 11.0. The van der Waals surface area contributed by atoms with Crippen LogP contribution in [0.1, 0.15) is 11.1 Å². The number of benzene rings is 3. The quantitative estimate of drug-likeness (QED) is 0.231. The Labute approximate surface area is 198 Å². The van der Waals surface area contributed by atoms with Gasteiger partial charge in [-0.05, 0) is 54.6 Å². The van der Waals surface area contributed by atoms with Gasteiger partial charge in [-0.2, -0.15) is 5.10 Å². The summed E-state index contributed by atoms with van der Waals surface area (Å²) in [6.45, 7) is 0.541. The zero-order chi connectivity index (χ0) is 23.3. The summed E-state index contributed by atoms with van der Waals surface area (Å²) in [4.78, 5) is 9.20. The van der Waals surface area contributed by atoms with Crippen LogP contribution >= 0.6 is 0 Å². The zero-order valence-electron chi connectivity index (χ0n) is 19.1. The molecule has 34 heavy (non-hydrogen) atoms. The average molecular weight is 449 g/mol. The maximum absolute atomic E-state index is 5.54. The van der Waals surface area contributed by atoms with Gasteiger partial charge in [0.05, 0.1) is 43.7 Å². The zero-order valence-corrected chi connectivity index (χ0v) is 19.1. The minimum Gasteiger partial charge on any atom is -0.496 e. The number of para-hydroxylation sites is 1. The average Bonchev–Trinajstić information content (AvgIpc) is 2.91. The van der Waals surface area contributed by atoms with Crippen molar-refractivity contribution >= 4 is 33.7 Å². The highest BCUT2D eigenvalue weighted by Crippen LogP contribution is 2.29. The van der Waals surface area contributed by atoms with E-state index in [0.717, 1.165) is 50.1 Å². The predicted octanol–water partition coefficient (Wildman–Crippen LogP) is 5.84. The molecule has 0 aliphatic rings. The lowest BCUT2D eigenvalue weighted by Crippen LogP contribution is -2.16. The molecule has 5 aromatic rings. The number of hydrogen-bond donors (Lipinski definition) is 0. The largest absolute Gasteiger partial charge is 0.496 e. The molecule has 0 unspecified atom stereocenters. The molecule has 0 amide bonds. The van der Waals surface area contributed by atoms with E-state index in [-0.39, 0.29) is 0 Å². The van der Waals surface area contributed by atoms with Gasteiger partial charge in [0.15, 0.2) is 0 Å². The van der Waals surface area contributed by atoms with Crippen molar-refractivity contribution in [3.8, 4) is 11.5 Å². The van der Waals surface area contributed by atoms with E-state index >= 15 is 0 Å². The molecule has 168 valence electrons. The van der Waals surface area contributed by atoms with Gasteiger partial charge in [-0.1, -0.05) is 24.3 Å². The number of rotatable bonds is 7. The maximum atomic E-state index is 5.54.